The first kappa shape index (κ1) is 15.8. The number of halogens is 3. The maximum absolute atomic E-state index is 13.7. The van der Waals surface area contributed by atoms with Crippen LogP contribution in [0, 0.1) is 0 Å². The Hall–Kier alpha value is -1.56. The Labute approximate surface area is 121 Å². The Morgan fingerprint density at radius 1 is 1.10 bits per heavy atom. The first-order valence-electron chi connectivity index (χ1n) is 6.90. The largest absolute Gasteiger partial charge is 0.430 e. The number of rotatable bonds is 3. The number of hydrogen-bond acceptors (Lipinski definition) is 2. The van der Waals surface area contributed by atoms with Crippen LogP contribution in [0.5, 0.6) is 0 Å². The molecule has 1 fully saturated rings. The smallest absolute Gasteiger partial charge is 0.356 e. The molecule has 0 bridgehead atoms. The third-order valence-corrected chi connectivity index (χ3v) is 3.83. The molecule has 2 rings (SSSR count). The molecule has 1 amide bonds. The van der Waals surface area contributed by atoms with Crippen LogP contribution in [0.3, 0.4) is 0 Å². The lowest BCUT2D eigenvalue weighted by Crippen LogP contribution is -2.57. The van der Waals surface area contributed by atoms with Crippen LogP contribution >= 0.6 is 0 Å². The number of ether oxygens (including phenoxy) is 1. The number of carbonyl (C=O) groups excluding carboxylic acids is 1. The maximum atomic E-state index is 13.7. The van der Waals surface area contributed by atoms with Gasteiger partial charge in [0.25, 0.3) is 11.5 Å². The molecule has 0 N–H and O–H groups in total. The Morgan fingerprint density at radius 3 is 2.14 bits per heavy atom. The predicted molar refractivity (Wildman–Crippen MR) is 71.6 cm³/mol. The monoisotopic (exact) mass is 301 g/mol. The van der Waals surface area contributed by atoms with Crippen LogP contribution in [-0.2, 0) is 15.1 Å². The molecule has 6 heteroatoms. The third-order valence-electron chi connectivity index (χ3n) is 3.83. The highest BCUT2D eigenvalue weighted by Gasteiger charge is 2.63. The van der Waals surface area contributed by atoms with Gasteiger partial charge < -0.3 is 9.64 Å². The summed E-state index contributed by atoms with van der Waals surface area (Å²) in [7, 11) is 0.933. The second kappa shape index (κ2) is 6.05. The van der Waals surface area contributed by atoms with Crippen LogP contribution in [0.15, 0.2) is 30.3 Å². The first-order chi connectivity index (χ1) is 9.93. The standard InChI is InChI=1S/C15H18F3NO2/c1-21-14(15(16,17)18,12-8-4-2-5-9-12)13(20)19-10-6-3-7-11-19/h2,4-5,8-9H,3,6-7,10-11H2,1H3/t14-/m1/s1. The van der Waals surface area contributed by atoms with Crippen LogP contribution in [0.2, 0.25) is 0 Å². The molecule has 3 nitrogen and oxygen atoms in total. The molecule has 1 atom stereocenters. The molecule has 0 aromatic heterocycles. The van der Waals surface area contributed by atoms with Crippen molar-refractivity contribution in [1.82, 2.24) is 4.90 Å². The van der Waals surface area contributed by atoms with E-state index in [1.54, 1.807) is 6.07 Å². The Morgan fingerprint density at radius 2 is 1.67 bits per heavy atom. The summed E-state index contributed by atoms with van der Waals surface area (Å²) >= 11 is 0. The minimum Gasteiger partial charge on any atom is -0.356 e. The number of carbonyl (C=O) groups is 1. The van der Waals surface area contributed by atoms with Gasteiger partial charge in [0, 0.05) is 25.8 Å². The minimum atomic E-state index is -4.82. The molecular formula is C15H18F3NO2. The number of likely N-dealkylation sites (tertiary alicyclic amines) is 1. The number of piperidine rings is 1. The van der Waals surface area contributed by atoms with Gasteiger partial charge in [-0.2, -0.15) is 13.2 Å². The predicted octanol–water partition coefficient (Wildman–Crippen LogP) is 3.10. The van der Waals surface area contributed by atoms with Crippen molar-refractivity contribution in [3.05, 3.63) is 35.9 Å². The van der Waals surface area contributed by atoms with Gasteiger partial charge in [-0.05, 0) is 19.3 Å². The third kappa shape index (κ3) is 2.77. The maximum Gasteiger partial charge on any atom is 0.430 e. The summed E-state index contributed by atoms with van der Waals surface area (Å²) in [6.45, 7) is 0.680. The molecule has 0 unspecified atom stereocenters. The lowest BCUT2D eigenvalue weighted by molar-refractivity contribution is -0.270. The van der Waals surface area contributed by atoms with Crippen molar-refractivity contribution in [2.45, 2.75) is 31.0 Å². The number of amides is 1. The van der Waals surface area contributed by atoms with E-state index in [9.17, 15) is 18.0 Å². The summed E-state index contributed by atoms with van der Waals surface area (Å²) in [4.78, 5) is 13.8. The number of nitrogens with zero attached hydrogens (tertiary/aromatic N) is 1. The molecule has 21 heavy (non-hydrogen) atoms. The van der Waals surface area contributed by atoms with E-state index in [1.807, 2.05) is 0 Å². The van der Waals surface area contributed by atoms with E-state index >= 15 is 0 Å². The Balaban J connectivity index is 2.47. The zero-order chi connectivity index (χ0) is 15.5. The molecule has 1 aromatic carbocycles. The van der Waals surface area contributed by atoms with Crippen molar-refractivity contribution in [3.8, 4) is 0 Å². The lowest BCUT2D eigenvalue weighted by atomic mass is 9.90. The molecule has 1 aliphatic heterocycles. The molecular weight excluding hydrogens is 283 g/mol. The normalized spacial score (nSPS) is 19.1. The van der Waals surface area contributed by atoms with Gasteiger partial charge in [0.2, 0.25) is 0 Å². The Bertz CT molecular complexity index is 483. The summed E-state index contributed by atoms with van der Waals surface area (Å²) in [5.41, 5.74) is -3.11. The summed E-state index contributed by atoms with van der Waals surface area (Å²) in [6, 6.07) is 7.10. The second-order valence-corrected chi connectivity index (χ2v) is 5.10. The van der Waals surface area contributed by atoms with Gasteiger partial charge in [0.1, 0.15) is 0 Å². The fraction of sp³-hybridized carbons (Fsp3) is 0.533. The Kier molecular flexibility index (Phi) is 4.56. The average molecular weight is 301 g/mol. The van der Waals surface area contributed by atoms with E-state index in [0.717, 1.165) is 26.4 Å². The molecule has 0 spiro atoms. The average Bonchev–Trinajstić information content (AvgIpc) is 2.49. The van der Waals surface area contributed by atoms with Crippen LogP contribution in [0.25, 0.3) is 0 Å². The van der Waals surface area contributed by atoms with Gasteiger partial charge in [-0.3, -0.25) is 4.79 Å². The van der Waals surface area contributed by atoms with E-state index in [-0.39, 0.29) is 5.56 Å². The molecule has 1 aliphatic rings. The topological polar surface area (TPSA) is 29.5 Å². The SMILES string of the molecule is CO[C@@](C(=O)N1CCCCC1)(c1ccccc1)C(F)(F)F. The lowest BCUT2D eigenvalue weighted by Gasteiger charge is -2.39. The number of methoxy groups -OCH3 is 1. The zero-order valence-electron chi connectivity index (χ0n) is 11.8. The highest BCUT2D eigenvalue weighted by Crippen LogP contribution is 2.43. The molecule has 0 aliphatic carbocycles. The number of hydrogen-bond donors (Lipinski definition) is 0. The van der Waals surface area contributed by atoms with Crippen molar-refractivity contribution in [2.75, 3.05) is 20.2 Å². The van der Waals surface area contributed by atoms with E-state index in [2.05, 4.69) is 0 Å². The fourth-order valence-corrected chi connectivity index (χ4v) is 2.72. The number of benzene rings is 1. The van der Waals surface area contributed by atoms with Crippen molar-refractivity contribution in [1.29, 1.82) is 0 Å². The van der Waals surface area contributed by atoms with Gasteiger partial charge >= 0.3 is 6.18 Å². The first-order valence-corrected chi connectivity index (χ1v) is 6.90. The van der Waals surface area contributed by atoms with Crippen LogP contribution in [0.1, 0.15) is 24.8 Å². The summed E-state index contributed by atoms with van der Waals surface area (Å²) in [5, 5.41) is 0. The van der Waals surface area contributed by atoms with Crippen molar-refractivity contribution >= 4 is 5.91 Å². The van der Waals surface area contributed by atoms with Gasteiger partial charge in [0.05, 0.1) is 0 Å². The van der Waals surface area contributed by atoms with E-state index < -0.39 is 17.7 Å². The van der Waals surface area contributed by atoms with E-state index in [1.165, 1.54) is 29.2 Å². The summed E-state index contributed by atoms with van der Waals surface area (Å²) in [5.74, 6) is -1.02. The van der Waals surface area contributed by atoms with Crippen LogP contribution in [0.4, 0.5) is 13.2 Å². The highest BCUT2D eigenvalue weighted by atomic mass is 19.4. The molecule has 1 saturated heterocycles. The van der Waals surface area contributed by atoms with Gasteiger partial charge in [0.15, 0.2) is 0 Å². The van der Waals surface area contributed by atoms with Gasteiger partial charge in [-0.25, -0.2) is 0 Å². The highest BCUT2D eigenvalue weighted by molar-refractivity contribution is 5.87. The van der Waals surface area contributed by atoms with Crippen molar-refractivity contribution in [3.63, 3.8) is 0 Å². The fourth-order valence-electron chi connectivity index (χ4n) is 2.72. The quantitative estimate of drug-likeness (QED) is 0.858. The molecule has 116 valence electrons. The minimum absolute atomic E-state index is 0.185. The van der Waals surface area contributed by atoms with Crippen molar-refractivity contribution in [2.24, 2.45) is 0 Å². The zero-order valence-corrected chi connectivity index (χ0v) is 11.8. The van der Waals surface area contributed by atoms with E-state index in [0.29, 0.717) is 13.1 Å². The molecule has 1 aromatic rings. The van der Waals surface area contributed by atoms with Gasteiger partial charge in [-0.1, -0.05) is 30.3 Å². The second-order valence-electron chi connectivity index (χ2n) is 5.10. The number of alkyl halides is 3. The van der Waals surface area contributed by atoms with Gasteiger partial charge in [-0.15, -0.1) is 0 Å². The van der Waals surface area contributed by atoms with E-state index in [4.69, 9.17) is 4.74 Å². The summed E-state index contributed by atoms with van der Waals surface area (Å²) < 4.78 is 45.9. The summed E-state index contributed by atoms with van der Waals surface area (Å²) in [6.07, 6.45) is -2.45. The molecule has 1 heterocycles. The van der Waals surface area contributed by atoms with Crippen LogP contribution in [-0.4, -0.2) is 37.2 Å². The molecule has 0 saturated carbocycles. The van der Waals surface area contributed by atoms with Crippen molar-refractivity contribution < 1.29 is 22.7 Å². The molecule has 0 radical (unpaired) electrons. The van der Waals surface area contributed by atoms with Crippen LogP contribution < -0.4 is 0 Å².